The number of hydrogen-bond donors (Lipinski definition) is 0. The highest BCUT2D eigenvalue weighted by Crippen LogP contribution is 2.16. The van der Waals surface area contributed by atoms with Crippen LogP contribution in [-0.4, -0.2) is 13.1 Å². The summed E-state index contributed by atoms with van der Waals surface area (Å²) in [5, 5.41) is 0. The van der Waals surface area contributed by atoms with Gasteiger partial charge >= 0.3 is 0 Å². The minimum atomic E-state index is 0.795. The molecule has 0 amide bonds. The van der Waals surface area contributed by atoms with Gasteiger partial charge in [-0.05, 0) is 17.7 Å². The minimum absolute atomic E-state index is 0.795. The Morgan fingerprint density at radius 1 is 1.00 bits per heavy atom. The molecule has 0 fully saturated rings. The molecular weight excluding hydrogens is 310 g/mol. The Morgan fingerprint density at radius 3 is 2.20 bits per heavy atom. The average Bonchev–Trinajstić information content (AvgIpc) is 2.48. The number of hydrogen-bond acceptors (Lipinski definition) is 1. The second-order valence-corrected chi connectivity index (χ2v) is 5.67. The van der Waals surface area contributed by atoms with E-state index in [1.54, 1.807) is 0 Å². The van der Waals surface area contributed by atoms with E-state index in [2.05, 4.69) is 88.1 Å². The summed E-state index contributed by atoms with van der Waals surface area (Å²) in [5.74, 6) is 0. The van der Waals surface area contributed by atoms with Gasteiger partial charge < -0.3 is 4.90 Å². The largest absolute Gasteiger partial charge is 0.363 e. The molecule has 0 heterocycles. The van der Waals surface area contributed by atoms with Crippen LogP contribution in [0.3, 0.4) is 0 Å². The number of benzene rings is 2. The summed E-state index contributed by atoms with van der Waals surface area (Å²) in [6.45, 7) is 5.58. The quantitative estimate of drug-likeness (QED) is 0.712. The molecule has 0 saturated heterocycles. The first-order valence-electron chi connectivity index (χ1n) is 6.60. The summed E-state index contributed by atoms with van der Waals surface area (Å²) >= 11 is 3.45. The van der Waals surface area contributed by atoms with Gasteiger partial charge in [-0.2, -0.15) is 0 Å². The van der Waals surface area contributed by atoms with E-state index in [9.17, 15) is 0 Å². The van der Waals surface area contributed by atoms with Crippen LogP contribution in [0.25, 0.3) is 6.08 Å². The molecule has 0 spiro atoms. The number of halogens is 1. The molecule has 1 nitrogen and oxygen atoms in total. The van der Waals surface area contributed by atoms with Crippen LogP contribution < -0.4 is 4.90 Å². The van der Waals surface area contributed by atoms with Gasteiger partial charge in [-0.25, -0.2) is 0 Å². The molecule has 2 aromatic carbocycles. The molecule has 0 N–H and O–H groups in total. The van der Waals surface area contributed by atoms with E-state index < -0.39 is 0 Å². The van der Waals surface area contributed by atoms with Crippen molar-refractivity contribution in [2.75, 3.05) is 18.0 Å². The number of rotatable bonds is 6. The zero-order valence-corrected chi connectivity index (χ0v) is 13.0. The third-order valence-corrected chi connectivity index (χ3v) is 3.17. The van der Waals surface area contributed by atoms with Crippen LogP contribution in [0.15, 0.2) is 77.8 Å². The van der Waals surface area contributed by atoms with Crippen molar-refractivity contribution in [3.63, 3.8) is 0 Å². The predicted octanol–water partition coefficient (Wildman–Crippen LogP) is 5.12. The molecule has 0 atom stereocenters. The van der Waals surface area contributed by atoms with Gasteiger partial charge in [-0.3, -0.25) is 0 Å². The molecule has 2 rings (SSSR count). The van der Waals surface area contributed by atoms with Gasteiger partial charge in [0, 0.05) is 23.3 Å². The summed E-state index contributed by atoms with van der Waals surface area (Å²) in [6.07, 6.45) is 4.32. The Bertz CT molecular complexity index is 560. The van der Waals surface area contributed by atoms with Crippen LogP contribution in [0.1, 0.15) is 5.56 Å². The van der Waals surface area contributed by atoms with Gasteiger partial charge in [0.25, 0.3) is 0 Å². The summed E-state index contributed by atoms with van der Waals surface area (Å²) < 4.78 is 0.981. The molecule has 2 heteroatoms. The van der Waals surface area contributed by atoms with Crippen molar-refractivity contribution in [1.82, 2.24) is 0 Å². The van der Waals surface area contributed by atoms with Gasteiger partial charge in [0.05, 0.1) is 0 Å². The lowest BCUT2D eigenvalue weighted by Gasteiger charge is -2.22. The summed E-state index contributed by atoms with van der Waals surface area (Å²) in [4.78, 5) is 2.27. The van der Waals surface area contributed by atoms with E-state index in [0.29, 0.717) is 0 Å². The number of anilines is 1. The SMILES string of the molecule is C=C(Br)CN(C/C=C\c1ccccc1)c1ccccc1. The molecule has 102 valence electrons. The maximum Gasteiger partial charge on any atom is 0.0492 e. The fraction of sp³-hybridized carbons (Fsp3) is 0.111. The van der Waals surface area contributed by atoms with E-state index in [-0.39, 0.29) is 0 Å². The van der Waals surface area contributed by atoms with Crippen molar-refractivity contribution in [2.45, 2.75) is 0 Å². The summed E-state index contributed by atoms with van der Waals surface area (Å²) in [6, 6.07) is 20.7. The third-order valence-electron chi connectivity index (χ3n) is 2.92. The second kappa shape index (κ2) is 7.71. The fourth-order valence-electron chi connectivity index (χ4n) is 1.99. The van der Waals surface area contributed by atoms with Crippen LogP contribution in [0.2, 0.25) is 0 Å². The highest BCUT2D eigenvalue weighted by Gasteiger charge is 2.04. The van der Waals surface area contributed by atoms with Crippen LogP contribution in [0.5, 0.6) is 0 Å². The molecule has 0 aliphatic rings. The first-order valence-corrected chi connectivity index (χ1v) is 7.40. The lowest BCUT2D eigenvalue weighted by atomic mass is 10.2. The van der Waals surface area contributed by atoms with Gasteiger partial charge in [-0.1, -0.05) is 83.2 Å². The Hall–Kier alpha value is -1.80. The average molecular weight is 328 g/mol. The Labute approximate surface area is 129 Å². The highest BCUT2D eigenvalue weighted by atomic mass is 79.9. The molecule has 0 radical (unpaired) electrons. The first kappa shape index (κ1) is 14.6. The molecule has 0 aliphatic heterocycles. The summed E-state index contributed by atoms with van der Waals surface area (Å²) in [5.41, 5.74) is 2.42. The molecule has 0 aliphatic carbocycles. The van der Waals surface area contributed by atoms with Crippen molar-refractivity contribution in [1.29, 1.82) is 0 Å². The van der Waals surface area contributed by atoms with Gasteiger partial charge in [0.2, 0.25) is 0 Å². The highest BCUT2D eigenvalue weighted by molar-refractivity contribution is 9.11. The van der Waals surface area contributed by atoms with Crippen LogP contribution in [0.4, 0.5) is 5.69 Å². The maximum absolute atomic E-state index is 3.94. The standard InChI is InChI=1S/C18H18BrN/c1-16(19)15-20(18-12-6-3-7-13-18)14-8-11-17-9-4-2-5-10-17/h2-13H,1,14-15H2/b11-8-. The maximum atomic E-state index is 3.94. The zero-order valence-electron chi connectivity index (χ0n) is 11.4. The molecular formula is C18H18BrN. The summed E-state index contributed by atoms with van der Waals surface area (Å²) in [7, 11) is 0. The number of para-hydroxylation sites is 1. The van der Waals surface area contributed by atoms with E-state index in [0.717, 1.165) is 17.6 Å². The van der Waals surface area contributed by atoms with Gasteiger partial charge in [-0.15, -0.1) is 0 Å². The van der Waals surface area contributed by atoms with E-state index in [4.69, 9.17) is 0 Å². The lowest BCUT2D eigenvalue weighted by molar-refractivity contribution is 0.952. The molecule has 0 unspecified atom stereocenters. The van der Waals surface area contributed by atoms with Crippen molar-refractivity contribution >= 4 is 27.7 Å². The zero-order chi connectivity index (χ0) is 14.2. The van der Waals surface area contributed by atoms with Crippen LogP contribution in [-0.2, 0) is 0 Å². The van der Waals surface area contributed by atoms with E-state index in [1.807, 2.05) is 12.1 Å². The van der Waals surface area contributed by atoms with Gasteiger partial charge in [0.15, 0.2) is 0 Å². The minimum Gasteiger partial charge on any atom is -0.363 e. The Balaban J connectivity index is 2.05. The number of nitrogens with zero attached hydrogens (tertiary/aromatic N) is 1. The molecule has 0 saturated carbocycles. The van der Waals surface area contributed by atoms with Gasteiger partial charge in [0.1, 0.15) is 0 Å². The first-order chi connectivity index (χ1) is 9.75. The van der Waals surface area contributed by atoms with Crippen molar-refractivity contribution in [3.8, 4) is 0 Å². The second-order valence-electron chi connectivity index (χ2n) is 4.55. The normalized spacial score (nSPS) is 10.7. The monoisotopic (exact) mass is 327 g/mol. The van der Waals surface area contributed by atoms with E-state index >= 15 is 0 Å². The third kappa shape index (κ3) is 4.71. The Morgan fingerprint density at radius 2 is 1.60 bits per heavy atom. The topological polar surface area (TPSA) is 3.24 Å². The van der Waals surface area contributed by atoms with Crippen molar-refractivity contribution in [3.05, 3.63) is 83.4 Å². The lowest BCUT2D eigenvalue weighted by Crippen LogP contribution is -2.24. The van der Waals surface area contributed by atoms with Crippen molar-refractivity contribution in [2.24, 2.45) is 0 Å². The fourth-order valence-corrected chi connectivity index (χ4v) is 2.29. The molecule has 2 aromatic rings. The van der Waals surface area contributed by atoms with Crippen LogP contribution in [0, 0.1) is 0 Å². The molecule has 0 aromatic heterocycles. The molecule has 0 bridgehead atoms. The smallest absolute Gasteiger partial charge is 0.0492 e. The Kier molecular flexibility index (Phi) is 5.63. The van der Waals surface area contributed by atoms with Crippen LogP contribution >= 0.6 is 15.9 Å². The van der Waals surface area contributed by atoms with E-state index in [1.165, 1.54) is 11.3 Å². The van der Waals surface area contributed by atoms with Crippen molar-refractivity contribution < 1.29 is 0 Å². The molecule has 20 heavy (non-hydrogen) atoms. The predicted molar refractivity (Wildman–Crippen MR) is 92.2 cm³/mol.